The summed E-state index contributed by atoms with van der Waals surface area (Å²) in [7, 11) is 3.29. The molecule has 1 fully saturated rings. The van der Waals surface area contributed by atoms with Gasteiger partial charge in [0.15, 0.2) is 0 Å². The van der Waals surface area contributed by atoms with Crippen molar-refractivity contribution in [2.24, 2.45) is 14.1 Å². The maximum Gasteiger partial charge on any atom is 0.328 e. The number of aliphatic hydroxyl groups is 1. The van der Waals surface area contributed by atoms with Gasteiger partial charge in [-0.1, -0.05) is 0 Å². The summed E-state index contributed by atoms with van der Waals surface area (Å²) >= 11 is 0. The molecule has 1 saturated carbocycles. The van der Waals surface area contributed by atoms with Crippen molar-refractivity contribution in [3.05, 3.63) is 70.0 Å². The zero-order chi connectivity index (χ0) is 24.0. The Morgan fingerprint density at radius 1 is 1.06 bits per heavy atom. The molecular weight excluding hydrogens is 442 g/mol. The number of pyridine rings is 1. The number of aryl methyl sites for hydroxylation is 2. The molecular formula is C24H28F2N6O2. The predicted octanol–water partition coefficient (Wildman–Crippen LogP) is 1.96. The molecule has 0 saturated heterocycles. The summed E-state index contributed by atoms with van der Waals surface area (Å²) in [6.45, 7) is 0.709. The van der Waals surface area contributed by atoms with Crippen LogP contribution in [-0.2, 0) is 27.2 Å². The Morgan fingerprint density at radius 2 is 1.79 bits per heavy atom. The highest BCUT2D eigenvalue weighted by atomic mass is 19.1. The Balaban J connectivity index is 1.19. The minimum absolute atomic E-state index is 0.0817. The van der Waals surface area contributed by atoms with Gasteiger partial charge in [-0.15, -0.1) is 0 Å². The average Bonchev–Trinajstić information content (AvgIpc) is 3.36. The first-order valence-electron chi connectivity index (χ1n) is 11.4. The topological polar surface area (TPSA) is 88.5 Å². The van der Waals surface area contributed by atoms with Crippen molar-refractivity contribution in [1.29, 1.82) is 0 Å². The zero-order valence-electron chi connectivity index (χ0n) is 19.1. The number of aromatic nitrogens is 4. The molecule has 4 aromatic rings. The summed E-state index contributed by atoms with van der Waals surface area (Å²) in [6, 6.07) is 4.47. The van der Waals surface area contributed by atoms with E-state index < -0.39 is 6.10 Å². The minimum atomic E-state index is -0.599. The molecule has 3 aromatic heterocycles. The normalized spacial score (nSPS) is 21.0. The van der Waals surface area contributed by atoms with Gasteiger partial charge in [-0.25, -0.2) is 18.6 Å². The third-order valence-corrected chi connectivity index (χ3v) is 6.92. The van der Waals surface area contributed by atoms with E-state index in [0.717, 1.165) is 12.0 Å². The Bertz CT molecular complexity index is 1410. The molecule has 34 heavy (non-hydrogen) atoms. The molecule has 0 amide bonds. The maximum atomic E-state index is 14.7. The number of nitrogens with zero attached hydrogens (tertiary/aromatic N) is 4. The van der Waals surface area contributed by atoms with Crippen LogP contribution in [0.2, 0.25) is 0 Å². The van der Waals surface area contributed by atoms with Gasteiger partial charge in [0.1, 0.15) is 17.3 Å². The molecule has 3 atom stereocenters. The second-order valence-corrected chi connectivity index (χ2v) is 9.12. The molecule has 1 aromatic carbocycles. The van der Waals surface area contributed by atoms with Crippen LogP contribution in [0, 0.1) is 11.6 Å². The quantitative estimate of drug-likeness (QED) is 0.401. The largest absolute Gasteiger partial charge is 0.391 e. The van der Waals surface area contributed by atoms with E-state index in [2.05, 4.69) is 15.6 Å². The van der Waals surface area contributed by atoms with Gasteiger partial charge in [0.2, 0.25) is 0 Å². The van der Waals surface area contributed by atoms with Crippen molar-refractivity contribution >= 4 is 16.7 Å². The summed E-state index contributed by atoms with van der Waals surface area (Å²) in [4.78, 5) is 16.4. The van der Waals surface area contributed by atoms with Crippen molar-refractivity contribution < 1.29 is 13.9 Å². The molecule has 0 unspecified atom stereocenters. The number of imidazole rings is 2. The summed E-state index contributed by atoms with van der Waals surface area (Å²) in [6.07, 6.45) is 6.21. The number of hydrogen-bond donors (Lipinski definition) is 3. The van der Waals surface area contributed by atoms with Crippen molar-refractivity contribution in [3.8, 4) is 0 Å². The highest BCUT2D eigenvalue weighted by Crippen LogP contribution is 2.23. The second kappa shape index (κ2) is 8.94. The Hall–Kier alpha value is -3.08. The summed E-state index contributed by atoms with van der Waals surface area (Å²) in [5.41, 5.74) is 2.94. The van der Waals surface area contributed by atoms with Gasteiger partial charge in [0.05, 0.1) is 17.1 Å². The van der Waals surface area contributed by atoms with Gasteiger partial charge in [0, 0.05) is 75.1 Å². The Kier molecular flexibility index (Phi) is 5.97. The fraction of sp³-hybridized carbons (Fsp3) is 0.417. The molecule has 3 N–H and O–H groups in total. The lowest BCUT2D eigenvalue weighted by molar-refractivity contribution is 0.0741. The number of rotatable bonds is 6. The molecule has 10 heteroatoms. The standard InChI is InChI=1S/C24H28F2N6O2/c1-30-20-8-14(18(26)10-21(20)31(2)24(30)34)11-29-19-4-3-17(9-22(19)33)28-12-15-7-16(25)13-32-6-5-27-23(15)32/h5-8,10,13,17,19,22,28-29,33H,3-4,9,11-12H2,1-2H3/t17-,19-,22+/m0/s1. The number of benzene rings is 1. The van der Waals surface area contributed by atoms with E-state index in [1.807, 2.05) is 0 Å². The van der Waals surface area contributed by atoms with Gasteiger partial charge >= 0.3 is 5.69 Å². The SMILES string of the molecule is Cn1c(=O)n(C)c2cc(CN[C@H]3CC[C@H](NCc4cc(F)cn5ccnc45)C[C@H]3O)c(F)cc21. The average molecular weight is 471 g/mol. The lowest BCUT2D eigenvalue weighted by Crippen LogP contribution is -2.48. The molecule has 0 bridgehead atoms. The first kappa shape index (κ1) is 22.7. The van der Waals surface area contributed by atoms with Crippen molar-refractivity contribution in [2.75, 3.05) is 0 Å². The van der Waals surface area contributed by atoms with Gasteiger partial charge < -0.3 is 20.1 Å². The van der Waals surface area contributed by atoms with Crippen LogP contribution in [0.15, 0.2) is 41.6 Å². The summed E-state index contributed by atoms with van der Waals surface area (Å²) < 4.78 is 33.1. The fourth-order valence-electron chi connectivity index (χ4n) is 4.96. The number of aliphatic hydroxyl groups excluding tert-OH is 1. The highest BCUT2D eigenvalue weighted by molar-refractivity contribution is 5.77. The molecule has 0 aliphatic heterocycles. The van der Waals surface area contributed by atoms with Crippen LogP contribution >= 0.6 is 0 Å². The fourth-order valence-corrected chi connectivity index (χ4v) is 4.96. The number of fused-ring (bicyclic) bond motifs is 2. The minimum Gasteiger partial charge on any atom is -0.391 e. The van der Waals surface area contributed by atoms with Gasteiger partial charge in [0.25, 0.3) is 0 Å². The van der Waals surface area contributed by atoms with Crippen LogP contribution < -0.4 is 16.3 Å². The van der Waals surface area contributed by atoms with E-state index in [9.17, 15) is 18.7 Å². The maximum absolute atomic E-state index is 14.7. The smallest absolute Gasteiger partial charge is 0.328 e. The van der Waals surface area contributed by atoms with E-state index in [-0.39, 0.29) is 36.0 Å². The first-order valence-corrected chi connectivity index (χ1v) is 11.4. The molecule has 0 radical (unpaired) electrons. The van der Waals surface area contributed by atoms with Crippen LogP contribution in [0.1, 0.15) is 30.4 Å². The molecule has 5 rings (SSSR count). The van der Waals surface area contributed by atoms with E-state index in [4.69, 9.17) is 0 Å². The Labute approximate surface area is 194 Å². The monoisotopic (exact) mass is 470 g/mol. The molecule has 1 aliphatic rings. The van der Waals surface area contributed by atoms with Crippen molar-refractivity contribution in [2.45, 2.75) is 50.5 Å². The van der Waals surface area contributed by atoms with Gasteiger partial charge in [-0.3, -0.25) is 9.13 Å². The van der Waals surface area contributed by atoms with E-state index in [0.29, 0.717) is 41.6 Å². The third kappa shape index (κ3) is 4.13. The molecule has 0 spiro atoms. The third-order valence-electron chi connectivity index (χ3n) is 6.92. The van der Waals surface area contributed by atoms with Gasteiger partial charge in [-0.2, -0.15) is 0 Å². The Morgan fingerprint density at radius 3 is 2.56 bits per heavy atom. The summed E-state index contributed by atoms with van der Waals surface area (Å²) in [5.74, 6) is -0.706. The molecule has 1 aliphatic carbocycles. The predicted molar refractivity (Wildman–Crippen MR) is 124 cm³/mol. The molecule has 3 heterocycles. The summed E-state index contributed by atoms with van der Waals surface area (Å²) in [5, 5.41) is 17.4. The van der Waals surface area contributed by atoms with Crippen LogP contribution in [-0.4, -0.2) is 41.8 Å². The highest BCUT2D eigenvalue weighted by Gasteiger charge is 2.29. The lowest BCUT2D eigenvalue weighted by Gasteiger charge is -2.34. The second-order valence-electron chi connectivity index (χ2n) is 9.12. The number of halogens is 2. The van der Waals surface area contributed by atoms with E-state index >= 15 is 0 Å². The zero-order valence-corrected chi connectivity index (χ0v) is 19.1. The van der Waals surface area contributed by atoms with Crippen LogP contribution in [0.5, 0.6) is 0 Å². The lowest BCUT2D eigenvalue weighted by atomic mass is 9.88. The van der Waals surface area contributed by atoms with Crippen LogP contribution in [0.4, 0.5) is 8.78 Å². The molecule has 180 valence electrons. The molecule has 8 nitrogen and oxygen atoms in total. The first-order chi connectivity index (χ1) is 16.3. The van der Waals surface area contributed by atoms with E-state index in [1.54, 1.807) is 37.0 Å². The number of nitrogens with one attached hydrogen (secondary N) is 2. The van der Waals surface area contributed by atoms with Crippen molar-refractivity contribution in [1.82, 2.24) is 29.2 Å². The van der Waals surface area contributed by atoms with Gasteiger partial charge in [-0.05, 0) is 31.4 Å². The van der Waals surface area contributed by atoms with Crippen LogP contribution in [0.3, 0.4) is 0 Å². The van der Waals surface area contributed by atoms with Crippen LogP contribution in [0.25, 0.3) is 16.7 Å². The number of hydrogen-bond acceptors (Lipinski definition) is 5. The van der Waals surface area contributed by atoms with E-state index in [1.165, 1.54) is 27.5 Å². The van der Waals surface area contributed by atoms with Crippen molar-refractivity contribution in [3.63, 3.8) is 0 Å².